The molecule has 1 heterocycles. The lowest BCUT2D eigenvalue weighted by molar-refractivity contribution is -0.588. The number of carbonyl (C=O) groups is 1. The number of nitrogens with two attached hydrogens (primary N) is 1. The summed E-state index contributed by atoms with van der Waals surface area (Å²) in [7, 11) is 1.60. The molecule has 0 radical (unpaired) electrons. The van der Waals surface area contributed by atoms with Gasteiger partial charge in [0.05, 0.1) is 7.11 Å². The van der Waals surface area contributed by atoms with Crippen LogP contribution in [0.5, 0.6) is 5.75 Å². The molecule has 0 unspecified atom stereocenters. The van der Waals surface area contributed by atoms with Gasteiger partial charge in [0, 0.05) is 32.0 Å². The second-order valence-electron chi connectivity index (χ2n) is 4.84. The lowest BCUT2D eigenvalue weighted by atomic mass is 10.3. The van der Waals surface area contributed by atoms with Gasteiger partial charge in [-0.3, -0.25) is 4.79 Å². The second kappa shape index (κ2) is 6.86. The molecule has 1 aromatic heterocycles. The standard InChI is InChI=1S/C16H13ClN4O2S/c1-23-13-8-6-12(7-9-13)21-20-14(15(18)24-21)16(22)19-11-4-2-10(17)3-5-11/h2-9,18H,1H3,(H,19,22)/p+1. The van der Waals surface area contributed by atoms with Crippen molar-refractivity contribution in [1.82, 2.24) is 5.10 Å². The fourth-order valence-electron chi connectivity index (χ4n) is 2.00. The summed E-state index contributed by atoms with van der Waals surface area (Å²) >= 11 is 7.01. The van der Waals surface area contributed by atoms with Crippen LogP contribution in [0.3, 0.4) is 0 Å². The SMILES string of the molecule is COc1ccc(-[n+]2nc(C(=O)Nc3ccc(Cl)cc3)c(N)s2)cc1. The predicted molar refractivity (Wildman–Crippen MR) is 94.0 cm³/mol. The highest BCUT2D eigenvalue weighted by Crippen LogP contribution is 2.18. The van der Waals surface area contributed by atoms with Crippen molar-refractivity contribution in [3.8, 4) is 11.4 Å². The van der Waals surface area contributed by atoms with Gasteiger partial charge in [0.15, 0.2) is 16.5 Å². The van der Waals surface area contributed by atoms with Gasteiger partial charge >= 0.3 is 0 Å². The number of nitrogens with one attached hydrogen (secondary N) is 1. The number of halogens is 1. The molecule has 3 rings (SSSR count). The average molecular weight is 362 g/mol. The Morgan fingerprint density at radius 2 is 1.88 bits per heavy atom. The molecule has 1 amide bonds. The Labute approximate surface area is 147 Å². The summed E-state index contributed by atoms with van der Waals surface area (Å²) in [4.78, 5) is 12.4. The minimum Gasteiger partial charge on any atom is -0.497 e. The van der Waals surface area contributed by atoms with Crippen LogP contribution in [-0.2, 0) is 0 Å². The smallest absolute Gasteiger partial charge is 0.283 e. The monoisotopic (exact) mass is 361 g/mol. The Morgan fingerprint density at radius 3 is 2.50 bits per heavy atom. The van der Waals surface area contributed by atoms with Crippen LogP contribution in [0.4, 0.5) is 10.7 Å². The number of benzene rings is 2. The number of methoxy groups -OCH3 is 1. The Hall–Kier alpha value is -2.64. The fraction of sp³-hybridized carbons (Fsp3) is 0.0625. The first-order chi connectivity index (χ1) is 11.6. The van der Waals surface area contributed by atoms with E-state index in [0.29, 0.717) is 15.7 Å². The largest absolute Gasteiger partial charge is 0.497 e. The van der Waals surface area contributed by atoms with E-state index in [0.717, 1.165) is 11.4 Å². The fourth-order valence-corrected chi connectivity index (χ4v) is 2.88. The number of nitrogen functional groups attached to an aromatic ring is 1. The highest BCUT2D eigenvalue weighted by atomic mass is 35.5. The van der Waals surface area contributed by atoms with Crippen LogP contribution in [-0.4, -0.2) is 18.1 Å². The number of anilines is 2. The molecule has 0 aliphatic rings. The molecular formula is C16H14ClN4O2S+. The summed E-state index contributed by atoms with van der Waals surface area (Å²) < 4.78 is 6.71. The Balaban J connectivity index is 1.82. The molecule has 2 aromatic carbocycles. The maximum absolute atomic E-state index is 12.4. The zero-order valence-corrected chi connectivity index (χ0v) is 14.3. The zero-order valence-electron chi connectivity index (χ0n) is 12.7. The summed E-state index contributed by atoms with van der Waals surface area (Å²) in [6, 6.07) is 14.1. The number of rotatable bonds is 4. The van der Waals surface area contributed by atoms with Crippen LogP contribution in [0.2, 0.25) is 5.02 Å². The number of ether oxygens (including phenoxy) is 1. The summed E-state index contributed by atoms with van der Waals surface area (Å²) in [6.45, 7) is 0. The normalized spacial score (nSPS) is 10.4. The van der Waals surface area contributed by atoms with Gasteiger partial charge < -0.3 is 15.8 Å². The van der Waals surface area contributed by atoms with Gasteiger partial charge in [-0.1, -0.05) is 11.6 Å². The van der Waals surface area contributed by atoms with Crippen LogP contribution in [0.1, 0.15) is 10.5 Å². The molecule has 0 fully saturated rings. The molecule has 0 saturated heterocycles. The van der Waals surface area contributed by atoms with Crippen LogP contribution in [0.25, 0.3) is 5.69 Å². The van der Waals surface area contributed by atoms with E-state index in [-0.39, 0.29) is 11.6 Å². The third-order valence-electron chi connectivity index (χ3n) is 3.22. The van der Waals surface area contributed by atoms with E-state index < -0.39 is 0 Å². The number of carbonyl (C=O) groups excluding carboxylic acids is 1. The van der Waals surface area contributed by atoms with Crippen molar-refractivity contribution in [1.29, 1.82) is 0 Å². The zero-order chi connectivity index (χ0) is 17.1. The van der Waals surface area contributed by atoms with Gasteiger partial charge in [0.25, 0.3) is 11.6 Å². The van der Waals surface area contributed by atoms with E-state index in [2.05, 4.69) is 10.4 Å². The first-order valence-electron chi connectivity index (χ1n) is 6.97. The van der Waals surface area contributed by atoms with Crippen molar-refractivity contribution in [3.05, 3.63) is 59.2 Å². The summed E-state index contributed by atoms with van der Waals surface area (Å²) in [5.74, 6) is 0.364. The van der Waals surface area contributed by atoms with E-state index in [1.807, 2.05) is 24.3 Å². The Bertz CT molecular complexity index is 863. The first kappa shape index (κ1) is 16.2. The predicted octanol–water partition coefficient (Wildman–Crippen LogP) is 2.92. The van der Waals surface area contributed by atoms with Gasteiger partial charge in [-0.05, 0) is 36.4 Å². The molecule has 3 aromatic rings. The maximum atomic E-state index is 12.4. The van der Waals surface area contributed by atoms with Gasteiger partial charge in [0.1, 0.15) is 5.75 Å². The lowest BCUT2D eigenvalue weighted by Crippen LogP contribution is -2.30. The number of hydrogen-bond donors (Lipinski definition) is 2. The molecule has 0 spiro atoms. The highest BCUT2D eigenvalue weighted by molar-refractivity contribution is 7.06. The van der Waals surface area contributed by atoms with E-state index >= 15 is 0 Å². The maximum Gasteiger partial charge on any atom is 0.283 e. The molecule has 122 valence electrons. The lowest BCUT2D eigenvalue weighted by Gasteiger charge is -2.01. The first-order valence-corrected chi connectivity index (χ1v) is 8.12. The molecule has 0 atom stereocenters. The highest BCUT2D eigenvalue weighted by Gasteiger charge is 2.24. The van der Waals surface area contributed by atoms with Crippen LogP contribution in [0, 0.1) is 0 Å². The van der Waals surface area contributed by atoms with Crippen molar-refractivity contribution in [2.75, 3.05) is 18.2 Å². The molecular weight excluding hydrogens is 348 g/mol. The molecule has 0 bridgehead atoms. The minimum atomic E-state index is -0.377. The molecule has 8 heteroatoms. The van der Waals surface area contributed by atoms with Crippen LogP contribution in [0.15, 0.2) is 48.5 Å². The average Bonchev–Trinajstić information content (AvgIpc) is 2.99. The van der Waals surface area contributed by atoms with E-state index in [9.17, 15) is 4.79 Å². The topological polar surface area (TPSA) is 81.1 Å². The van der Waals surface area contributed by atoms with Crippen molar-refractivity contribution in [2.24, 2.45) is 0 Å². The summed E-state index contributed by atoms with van der Waals surface area (Å²) in [5, 5.41) is 7.95. The summed E-state index contributed by atoms with van der Waals surface area (Å²) in [6.07, 6.45) is 0. The number of nitrogens with zero attached hydrogens (tertiary/aromatic N) is 2. The number of amides is 1. The van der Waals surface area contributed by atoms with E-state index in [4.69, 9.17) is 22.1 Å². The number of aromatic nitrogens is 2. The van der Waals surface area contributed by atoms with Gasteiger partial charge in [-0.25, -0.2) is 0 Å². The van der Waals surface area contributed by atoms with E-state index in [1.165, 1.54) is 11.5 Å². The van der Waals surface area contributed by atoms with Crippen molar-refractivity contribution in [2.45, 2.75) is 0 Å². The van der Waals surface area contributed by atoms with Crippen molar-refractivity contribution in [3.63, 3.8) is 0 Å². The molecule has 0 aliphatic carbocycles. The van der Waals surface area contributed by atoms with E-state index in [1.54, 1.807) is 35.4 Å². The van der Waals surface area contributed by atoms with Crippen LogP contribution < -0.4 is 19.9 Å². The molecule has 3 N–H and O–H groups in total. The van der Waals surface area contributed by atoms with Crippen molar-refractivity contribution >= 4 is 39.7 Å². The molecule has 0 saturated carbocycles. The number of hydrogen-bond acceptors (Lipinski definition) is 5. The quantitative estimate of drug-likeness (QED) is 0.700. The second-order valence-corrected chi connectivity index (χ2v) is 6.24. The van der Waals surface area contributed by atoms with Crippen molar-refractivity contribution < 1.29 is 13.6 Å². The van der Waals surface area contributed by atoms with Gasteiger partial charge in [-0.15, -0.1) is 0 Å². The Kier molecular flexibility index (Phi) is 4.64. The minimum absolute atomic E-state index is 0.172. The molecule has 6 nitrogen and oxygen atoms in total. The third-order valence-corrected chi connectivity index (χ3v) is 4.33. The van der Waals surface area contributed by atoms with Gasteiger partial charge in [-0.2, -0.15) is 0 Å². The van der Waals surface area contributed by atoms with Crippen LogP contribution >= 0.6 is 23.1 Å². The van der Waals surface area contributed by atoms with Gasteiger partial charge in [0.2, 0.25) is 5.69 Å². The molecule has 0 aliphatic heterocycles. The molecule has 24 heavy (non-hydrogen) atoms. The Morgan fingerprint density at radius 1 is 1.21 bits per heavy atom. The summed E-state index contributed by atoms with van der Waals surface area (Å²) in [5.41, 5.74) is 7.52. The third kappa shape index (κ3) is 3.47.